The lowest BCUT2D eigenvalue weighted by Gasteiger charge is -2.06. The Hall–Kier alpha value is -2.30. The summed E-state index contributed by atoms with van der Waals surface area (Å²) < 4.78 is 1.69. The van der Waals surface area contributed by atoms with Crippen LogP contribution in [0.25, 0.3) is 0 Å². The fraction of sp³-hybridized carbons (Fsp3) is 0.111. The van der Waals surface area contributed by atoms with E-state index in [1.54, 1.807) is 35.3 Å². The standard InChI is InChI=1S/C18H15Cl2N3O/c19-16-7-4-8-17(20)15(16)12-23-11-14(10-21-23)22-18(24)9-13-5-2-1-3-6-13/h1-8,10-11H,9,12H2,(H,22,24). The van der Waals surface area contributed by atoms with Gasteiger partial charge in [-0.3, -0.25) is 9.48 Å². The predicted molar refractivity (Wildman–Crippen MR) is 96.6 cm³/mol. The highest BCUT2D eigenvalue weighted by atomic mass is 35.5. The van der Waals surface area contributed by atoms with Gasteiger partial charge in [0.1, 0.15) is 0 Å². The van der Waals surface area contributed by atoms with Crippen molar-refractivity contribution in [3.8, 4) is 0 Å². The van der Waals surface area contributed by atoms with Crippen molar-refractivity contribution in [3.63, 3.8) is 0 Å². The molecular weight excluding hydrogens is 345 g/mol. The minimum atomic E-state index is -0.0866. The Kier molecular flexibility index (Phi) is 5.18. The summed E-state index contributed by atoms with van der Waals surface area (Å²) in [7, 11) is 0. The molecule has 0 aliphatic carbocycles. The van der Waals surface area contributed by atoms with Crippen molar-refractivity contribution in [2.75, 3.05) is 5.32 Å². The van der Waals surface area contributed by atoms with Gasteiger partial charge in [-0.1, -0.05) is 59.6 Å². The van der Waals surface area contributed by atoms with Crippen LogP contribution in [-0.2, 0) is 17.8 Å². The van der Waals surface area contributed by atoms with Crippen LogP contribution < -0.4 is 5.32 Å². The summed E-state index contributed by atoms with van der Waals surface area (Å²) in [6, 6.07) is 15.0. The summed E-state index contributed by atoms with van der Waals surface area (Å²) in [4.78, 5) is 12.1. The average Bonchev–Trinajstić information content (AvgIpc) is 2.99. The lowest BCUT2D eigenvalue weighted by atomic mass is 10.1. The summed E-state index contributed by atoms with van der Waals surface area (Å²) >= 11 is 12.3. The van der Waals surface area contributed by atoms with Gasteiger partial charge in [-0.15, -0.1) is 0 Å². The fourth-order valence-electron chi connectivity index (χ4n) is 2.35. The first kappa shape index (κ1) is 16.6. The van der Waals surface area contributed by atoms with E-state index >= 15 is 0 Å². The highest BCUT2D eigenvalue weighted by Gasteiger charge is 2.09. The monoisotopic (exact) mass is 359 g/mol. The molecule has 0 saturated heterocycles. The number of carbonyl (C=O) groups is 1. The van der Waals surface area contributed by atoms with Crippen molar-refractivity contribution in [2.24, 2.45) is 0 Å². The third-order valence-corrected chi connectivity index (χ3v) is 4.21. The number of amides is 1. The molecule has 2 aromatic carbocycles. The molecule has 122 valence electrons. The second-order valence-corrected chi connectivity index (χ2v) is 6.15. The first-order valence-electron chi connectivity index (χ1n) is 7.41. The molecule has 1 amide bonds. The molecule has 0 aliphatic heterocycles. The Morgan fingerprint density at radius 1 is 1.04 bits per heavy atom. The van der Waals surface area contributed by atoms with Gasteiger partial charge < -0.3 is 5.32 Å². The topological polar surface area (TPSA) is 46.9 Å². The molecule has 0 radical (unpaired) electrons. The van der Waals surface area contributed by atoms with Crippen molar-refractivity contribution in [3.05, 3.63) is 82.1 Å². The van der Waals surface area contributed by atoms with Gasteiger partial charge in [0.05, 0.1) is 24.8 Å². The number of halogens is 2. The van der Waals surface area contributed by atoms with E-state index in [-0.39, 0.29) is 5.91 Å². The van der Waals surface area contributed by atoms with Crippen molar-refractivity contribution < 1.29 is 4.79 Å². The van der Waals surface area contributed by atoms with Gasteiger partial charge in [0.2, 0.25) is 5.91 Å². The molecule has 0 aliphatic rings. The van der Waals surface area contributed by atoms with Crippen LogP contribution in [0.5, 0.6) is 0 Å². The summed E-state index contributed by atoms with van der Waals surface area (Å²) in [6.07, 6.45) is 3.68. The maximum absolute atomic E-state index is 12.1. The zero-order chi connectivity index (χ0) is 16.9. The first-order chi connectivity index (χ1) is 11.6. The lowest BCUT2D eigenvalue weighted by Crippen LogP contribution is -2.13. The molecule has 1 heterocycles. The van der Waals surface area contributed by atoms with Crippen LogP contribution in [0, 0.1) is 0 Å². The van der Waals surface area contributed by atoms with Gasteiger partial charge in [-0.2, -0.15) is 5.10 Å². The summed E-state index contributed by atoms with van der Waals surface area (Å²) in [5, 5.41) is 8.26. The van der Waals surface area contributed by atoms with E-state index in [2.05, 4.69) is 10.4 Å². The molecular formula is C18H15Cl2N3O. The largest absolute Gasteiger partial charge is 0.323 e. The molecule has 0 saturated carbocycles. The predicted octanol–water partition coefficient (Wildman–Crippen LogP) is 4.42. The van der Waals surface area contributed by atoms with E-state index in [1.165, 1.54) is 0 Å². The smallest absolute Gasteiger partial charge is 0.228 e. The Balaban J connectivity index is 1.64. The van der Waals surface area contributed by atoms with E-state index in [4.69, 9.17) is 23.2 Å². The molecule has 1 aromatic heterocycles. The molecule has 0 atom stereocenters. The lowest BCUT2D eigenvalue weighted by molar-refractivity contribution is -0.115. The van der Waals surface area contributed by atoms with Gasteiger partial charge in [-0.25, -0.2) is 0 Å². The summed E-state index contributed by atoms with van der Waals surface area (Å²) in [5.74, 6) is -0.0866. The molecule has 1 N–H and O–H groups in total. The Morgan fingerprint density at radius 3 is 2.46 bits per heavy atom. The summed E-state index contributed by atoms with van der Waals surface area (Å²) in [5.41, 5.74) is 2.40. The molecule has 3 rings (SSSR count). The van der Waals surface area contributed by atoms with Crippen molar-refractivity contribution >= 4 is 34.8 Å². The third kappa shape index (κ3) is 4.16. The Bertz CT molecular complexity index is 826. The van der Waals surface area contributed by atoms with E-state index in [0.29, 0.717) is 28.7 Å². The summed E-state index contributed by atoms with van der Waals surface area (Å²) in [6.45, 7) is 0.438. The van der Waals surface area contributed by atoms with Crippen LogP contribution >= 0.6 is 23.2 Å². The number of carbonyl (C=O) groups excluding carboxylic acids is 1. The van der Waals surface area contributed by atoms with E-state index in [1.807, 2.05) is 30.3 Å². The first-order valence-corrected chi connectivity index (χ1v) is 8.16. The fourth-order valence-corrected chi connectivity index (χ4v) is 2.86. The molecule has 3 aromatic rings. The molecule has 24 heavy (non-hydrogen) atoms. The number of anilines is 1. The van der Waals surface area contributed by atoms with Crippen LogP contribution in [0.2, 0.25) is 10.0 Å². The van der Waals surface area contributed by atoms with Crippen LogP contribution in [0.1, 0.15) is 11.1 Å². The van der Waals surface area contributed by atoms with E-state index in [9.17, 15) is 4.79 Å². The van der Waals surface area contributed by atoms with Gasteiger partial charge in [0, 0.05) is 21.8 Å². The van der Waals surface area contributed by atoms with Crippen LogP contribution in [0.15, 0.2) is 60.9 Å². The molecule has 0 fully saturated rings. The number of nitrogens with one attached hydrogen (secondary N) is 1. The normalized spacial score (nSPS) is 10.6. The van der Waals surface area contributed by atoms with Crippen molar-refractivity contribution in [2.45, 2.75) is 13.0 Å². The maximum Gasteiger partial charge on any atom is 0.228 e. The zero-order valence-corrected chi connectivity index (χ0v) is 14.3. The van der Waals surface area contributed by atoms with Crippen LogP contribution in [0.3, 0.4) is 0 Å². The van der Waals surface area contributed by atoms with E-state index < -0.39 is 0 Å². The number of aromatic nitrogens is 2. The number of hydrogen-bond acceptors (Lipinski definition) is 2. The Labute approximate surface area is 150 Å². The quantitative estimate of drug-likeness (QED) is 0.732. The number of rotatable bonds is 5. The maximum atomic E-state index is 12.1. The van der Waals surface area contributed by atoms with Gasteiger partial charge in [-0.05, 0) is 17.7 Å². The number of nitrogens with zero attached hydrogens (tertiary/aromatic N) is 2. The average molecular weight is 360 g/mol. The van der Waals surface area contributed by atoms with Gasteiger partial charge in [0.15, 0.2) is 0 Å². The highest BCUT2D eigenvalue weighted by molar-refractivity contribution is 6.35. The van der Waals surface area contributed by atoms with Crippen molar-refractivity contribution in [1.82, 2.24) is 9.78 Å². The molecule has 0 bridgehead atoms. The SMILES string of the molecule is O=C(Cc1ccccc1)Nc1cnn(Cc2c(Cl)cccc2Cl)c1. The Morgan fingerprint density at radius 2 is 1.75 bits per heavy atom. The van der Waals surface area contributed by atoms with Crippen LogP contribution in [-0.4, -0.2) is 15.7 Å². The minimum absolute atomic E-state index is 0.0866. The van der Waals surface area contributed by atoms with Crippen molar-refractivity contribution in [1.29, 1.82) is 0 Å². The number of benzene rings is 2. The van der Waals surface area contributed by atoms with Gasteiger partial charge in [0.25, 0.3) is 0 Å². The molecule has 6 heteroatoms. The molecule has 4 nitrogen and oxygen atoms in total. The second kappa shape index (κ2) is 7.51. The zero-order valence-electron chi connectivity index (χ0n) is 12.7. The highest BCUT2D eigenvalue weighted by Crippen LogP contribution is 2.25. The third-order valence-electron chi connectivity index (χ3n) is 3.51. The van der Waals surface area contributed by atoms with E-state index in [0.717, 1.165) is 11.1 Å². The number of hydrogen-bond donors (Lipinski definition) is 1. The second-order valence-electron chi connectivity index (χ2n) is 5.34. The molecule has 0 spiro atoms. The van der Waals surface area contributed by atoms with Gasteiger partial charge >= 0.3 is 0 Å². The van der Waals surface area contributed by atoms with Crippen LogP contribution in [0.4, 0.5) is 5.69 Å². The molecule has 0 unspecified atom stereocenters. The minimum Gasteiger partial charge on any atom is -0.323 e.